The van der Waals surface area contributed by atoms with Crippen molar-refractivity contribution in [1.82, 2.24) is 20.1 Å². The molecule has 2 aromatic rings. The lowest BCUT2D eigenvalue weighted by Gasteiger charge is -2.32. The zero-order valence-electron chi connectivity index (χ0n) is 17.2. The van der Waals surface area contributed by atoms with Gasteiger partial charge in [-0.15, -0.1) is 24.8 Å². The molecule has 3 heterocycles. The van der Waals surface area contributed by atoms with Crippen molar-refractivity contribution in [2.24, 2.45) is 0 Å². The molecule has 1 atom stereocenters. The van der Waals surface area contributed by atoms with Gasteiger partial charge in [-0.05, 0) is 37.8 Å². The molecule has 2 amide bonds. The van der Waals surface area contributed by atoms with E-state index in [2.05, 4.69) is 16.4 Å². The van der Waals surface area contributed by atoms with Gasteiger partial charge in [0.1, 0.15) is 11.7 Å². The maximum Gasteiger partial charge on any atom is 0.272 e. The topological polar surface area (TPSA) is 89.3 Å². The Bertz CT molecular complexity index is 956. The lowest BCUT2D eigenvalue weighted by atomic mass is 10.0. The number of hydrogen-bond acceptors (Lipinski definition) is 5. The molecule has 7 nitrogen and oxygen atoms in total. The van der Waals surface area contributed by atoms with Gasteiger partial charge in [0, 0.05) is 31.1 Å². The molecule has 1 aromatic carbocycles. The first-order valence-electron chi connectivity index (χ1n) is 10.2. The number of fused-ring (bicyclic) bond motifs is 1. The van der Waals surface area contributed by atoms with Gasteiger partial charge in [-0.25, -0.2) is 4.98 Å². The van der Waals surface area contributed by atoms with Crippen molar-refractivity contribution < 1.29 is 9.59 Å². The Morgan fingerprint density at radius 2 is 1.81 bits per heavy atom. The van der Waals surface area contributed by atoms with E-state index in [1.807, 2.05) is 35.2 Å². The molecule has 2 saturated heterocycles. The monoisotopic (exact) mass is 463 g/mol. The third kappa shape index (κ3) is 5.65. The van der Waals surface area contributed by atoms with E-state index >= 15 is 0 Å². The molecule has 1 N–H and O–H groups in total. The van der Waals surface area contributed by atoms with Crippen LogP contribution in [-0.4, -0.2) is 64.9 Å². The number of piperidine rings is 1. The number of benzene rings is 1. The molecule has 0 unspecified atom stereocenters. The van der Waals surface area contributed by atoms with Crippen LogP contribution in [0, 0.1) is 11.3 Å². The quantitative estimate of drug-likeness (QED) is 0.752. The second-order valence-electron chi connectivity index (χ2n) is 7.71. The Morgan fingerprint density at radius 3 is 2.55 bits per heavy atom. The van der Waals surface area contributed by atoms with E-state index in [1.54, 1.807) is 11.0 Å². The number of hydrogen-bond donors (Lipinski definition) is 1. The maximum absolute atomic E-state index is 12.8. The molecule has 1 aromatic heterocycles. The number of nitriles is 1. The summed E-state index contributed by atoms with van der Waals surface area (Å²) in [5, 5.41) is 13.5. The molecule has 2 aliphatic heterocycles. The van der Waals surface area contributed by atoms with Crippen molar-refractivity contribution >= 4 is 47.5 Å². The number of para-hydroxylation sites is 1. The minimum absolute atomic E-state index is 0. The average molecular weight is 464 g/mol. The fraction of sp³-hybridized carbons (Fsp3) is 0.455. The summed E-state index contributed by atoms with van der Waals surface area (Å²) in [6, 6.07) is 13.6. The van der Waals surface area contributed by atoms with Crippen molar-refractivity contribution in [3.8, 4) is 6.07 Å². The van der Waals surface area contributed by atoms with Gasteiger partial charge in [-0.3, -0.25) is 9.59 Å². The number of nitrogens with one attached hydrogen (secondary N) is 1. The maximum atomic E-state index is 12.8. The van der Waals surface area contributed by atoms with E-state index in [0.29, 0.717) is 25.3 Å². The lowest BCUT2D eigenvalue weighted by molar-refractivity contribution is -0.130. The molecule has 0 aliphatic carbocycles. The highest BCUT2D eigenvalue weighted by Gasteiger charge is 2.29. The first-order chi connectivity index (χ1) is 14.2. The van der Waals surface area contributed by atoms with Crippen LogP contribution in [0.25, 0.3) is 10.9 Å². The van der Waals surface area contributed by atoms with E-state index in [9.17, 15) is 9.59 Å². The van der Waals surface area contributed by atoms with E-state index in [4.69, 9.17) is 5.26 Å². The molecular formula is C22H27Cl2N5O2. The van der Waals surface area contributed by atoms with E-state index in [0.717, 1.165) is 36.6 Å². The molecule has 0 bridgehead atoms. The van der Waals surface area contributed by atoms with Crippen molar-refractivity contribution in [1.29, 1.82) is 5.26 Å². The molecule has 0 radical (unpaired) electrons. The Labute approximate surface area is 194 Å². The van der Waals surface area contributed by atoms with Crippen LogP contribution in [0.5, 0.6) is 0 Å². The Balaban J connectivity index is 0.00000171. The van der Waals surface area contributed by atoms with Gasteiger partial charge >= 0.3 is 0 Å². The third-order valence-electron chi connectivity index (χ3n) is 5.86. The predicted octanol–water partition coefficient (Wildman–Crippen LogP) is 2.79. The molecule has 31 heavy (non-hydrogen) atoms. The van der Waals surface area contributed by atoms with E-state index in [-0.39, 0.29) is 55.3 Å². The summed E-state index contributed by atoms with van der Waals surface area (Å²) >= 11 is 0. The molecule has 2 fully saturated rings. The molecule has 4 rings (SSSR count). The highest BCUT2D eigenvalue weighted by Crippen LogP contribution is 2.18. The van der Waals surface area contributed by atoms with Crippen molar-refractivity contribution in [3.05, 3.63) is 42.1 Å². The number of nitrogens with zero attached hydrogens (tertiary/aromatic N) is 4. The van der Waals surface area contributed by atoms with Gasteiger partial charge < -0.3 is 15.1 Å². The molecule has 2 aliphatic rings. The summed E-state index contributed by atoms with van der Waals surface area (Å²) in [6.45, 7) is 2.21. The molecule has 0 spiro atoms. The van der Waals surface area contributed by atoms with Crippen LogP contribution in [0.1, 0.15) is 36.2 Å². The minimum atomic E-state index is -0.279. The molecule has 166 valence electrons. The first kappa shape index (κ1) is 24.9. The average Bonchev–Trinajstić information content (AvgIpc) is 3.26. The van der Waals surface area contributed by atoms with Gasteiger partial charge in [-0.1, -0.05) is 24.3 Å². The SMILES string of the molecule is Cl.Cl.N#C[C@@H]1CCCN1C(=O)CNC1CCN(C(=O)c2ccc3ccccc3n2)CC1. The smallest absolute Gasteiger partial charge is 0.272 e. The number of amides is 2. The lowest BCUT2D eigenvalue weighted by Crippen LogP contribution is -2.48. The van der Waals surface area contributed by atoms with Crippen molar-refractivity contribution in [3.63, 3.8) is 0 Å². The summed E-state index contributed by atoms with van der Waals surface area (Å²) < 4.78 is 0. The molecular weight excluding hydrogens is 437 g/mol. The summed E-state index contributed by atoms with van der Waals surface area (Å²) in [5.41, 5.74) is 1.30. The van der Waals surface area contributed by atoms with Crippen LogP contribution in [0.15, 0.2) is 36.4 Å². The third-order valence-corrected chi connectivity index (χ3v) is 5.86. The summed E-state index contributed by atoms with van der Waals surface area (Å²) in [4.78, 5) is 33.2. The van der Waals surface area contributed by atoms with Crippen molar-refractivity contribution in [2.75, 3.05) is 26.2 Å². The van der Waals surface area contributed by atoms with E-state index in [1.165, 1.54) is 0 Å². The standard InChI is InChI=1S/C22H25N5O2.2ClH/c23-14-18-5-3-11-27(18)21(28)15-24-17-9-12-26(13-10-17)22(29)20-8-7-16-4-1-2-6-19(16)25-20;;/h1-2,4,6-8,17-18,24H,3,5,9-13,15H2;2*1H/t18-;;/m0../s1. The molecule has 9 heteroatoms. The van der Waals surface area contributed by atoms with Gasteiger partial charge in [0.15, 0.2) is 0 Å². The van der Waals surface area contributed by atoms with Crippen LogP contribution >= 0.6 is 24.8 Å². The second-order valence-corrected chi connectivity index (χ2v) is 7.71. The summed E-state index contributed by atoms with van der Waals surface area (Å²) in [5.74, 6) is -0.0490. The van der Waals surface area contributed by atoms with Crippen LogP contribution in [0.3, 0.4) is 0 Å². The zero-order chi connectivity index (χ0) is 20.2. The fourth-order valence-corrected chi connectivity index (χ4v) is 4.17. The Kier molecular flexibility index (Phi) is 9.05. The number of carbonyl (C=O) groups is 2. The van der Waals surface area contributed by atoms with Gasteiger partial charge in [-0.2, -0.15) is 5.26 Å². The number of carbonyl (C=O) groups excluding carboxylic acids is 2. The van der Waals surface area contributed by atoms with Gasteiger partial charge in [0.2, 0.25) is 5.91 Å². The van der Waals surface area contributed by atoms with Gasteiger partial charge in [0.25, 0.3) is 5.91 Å². The largest absolute Gasteiger partial charge is 0.337 e. The van der Waals surface area contributed by atoms with E-state index < -0.39 is 0 Å². The van der Waals surface area contributed by atoms with Crippen LogP contribution in [-0.2, 0) is 4.79 Å². The first-order valence-corrected chi connectivity index (χ1v) is 10.2. The van der Waals surface area contributed by atoms with Crippen molar-refractivity contribution in [2.45, 2.75) is 37.8 Å². The highest BCUT2D eigenvalue weighted by molar-refractivity contribution is 5.95. The highest BCUT2D eigenvalue weighted by atomic mass is 35.5. The van der Waals surface area contributed by atoms with Crippen LogP contribution in [0.4, 0.5) is 0 Å². The van der Waals surface area contributed by atoms with Crippen LogP contribution < -0.4 is 5.32 Å². The predicted molar refractivity (Wildman–Crippen MR) is 124 cm³/mol. The number of rotatable bonds is 4. The number of likely N-dealkylation sites (tertiary alicyclic amines) is 2. The normalized spacial score (nSPS) is 18.7. The van der Waals surface area contributed by atoms with Crippen LogP contribution in [0.2, 0.25) is 0 Å². The number of aromatic nitrogens is 1. The Morgan fingerprint density at radius 1 is 1.06 bits per heavy atom. The number of halogens is 2. The summed E-state index contributed by atoms with van der Waals surface area (Å²) in [7, 11) is 0. The fourth-order valence-electron chi connectivity index (χ4n) is 4.17. The minimum Gasteiger partial charge on any atom is -0.337 e. The molecule has 0 saturated carbocycles. The van der Waals surface area contributed by atoms with Gasteiger partial charge in [0.05, 0.1) is 18.1 Å². The summed E-state index contributed by atoms with van der Waals surface area (Å²) in [6.07, 6.45) is 3.27. The number of pyridine rings is 1. The Hall–Kier alpha value is -2.40. The zero-order valence-corrected chi connectivity index (χ0v) is 18.8. The second kappa shape index (κ2) is 11.3.